The minimum atomic E-state index is -4.66. The van der Waals surface area contributed by atoms with Gasteiger partial charge >= 0.3 is 6.18 Å². The van der Waals surface area contributed by atoms with Gasteiger partial charge in [-0.1, -0.05) is 46.3 Å². The summed E-state index contributed by atoms with van der Waals surface area (Å²) in [6.07, 6.45) is -3.10. The molecule has 34 heavy (non-hydrogen) atoms. The van der Waals surface area contributed by atoms with E-state index in [-0.39, 0.29) is 33.8 Å². The van der Waals surface area contributed by atoms with Gasteiger partial charge < -0.3 is 4.90 Å². The highest BCUT2D eigenvalue weighted by atomic mass is 79.9. The van der Waals surface area contributed by atoms with Crippen molar-refractivity contribution >= 4 is 49.1 Å². The highest BCUT2D eigenvalue weighted by molar-refractivity contribution is 9.11. The van der Waals surface area contributed by atoms with Crippen LogP contribution in [-0.4, -0.2) is 27.0 Å². The average Bonchev–Trinajstić information content (AvgIpc) is 3.13. The van der Waals surface area contributed by atoms with Gasteiger partial charge in [-0.25, -0.2) is 9.50 Å². The van der Waals surface area contributed by atoms with Crippen LogP contribution in [-0.2, 0) is 23.8 Å². The number of aromatic nitrogens is 3. The second kappa shape index (κ2) is 8.81. The number of hydrogen-bond donors (Lipinski definition) is 0. The molecule has 0 radical (unpaired) electrons. The molecule has 3 heterocycles. The number of nitrogens with zero attached hydrogens (tertiary/aromatic N) is 4. The van der Waals surface area contributed by atoms with Crippen LogP contribution in [0.1, 0.15) is 23.4 Å². The van der Waals surface area contributed by atoms with Crippen molar-refractivity contribution < 1.29 is 18.0 Å². The Morgan fingerprint density at radius 1 is 1.06 bits per heavy atom. The summed E-state index contributed by atoms with van der Waals surface area (Å²) in [6.45, 7) is 0.556. The van der Waals surface area contributed by atoms with Gasteiger partial charge in [0.1, 0.15) is 0 Å². The maximum Gasteiger partial charge on any atom is 0.433 e. The molecule has 0 saturated carbocycles. The van der Waals surface area contributed by atoms with Crippen molar-refractivity contribution in [3.8, 4) is 11.3 Å². The molecule has 5 nitrogen and oxygen atoms in total. The van der Waals surface area contributed by atoms with Crippen molar-refractivity contribution in [1.29, 1.82) is 0 Å². The molecule has 1 aliphatic heterocycles. The summed E-state index contributed by atoms with van der Waals surface area (Å²) in [6, 6.07) is 15.5. The van der Waals surface area contributed by atoms with Crippen LogP contribution in [0.4, 0.5) is 18.9 Å². The Balaban J connectivity index is 1.56. The summed E-state index contributed by atoms with van der Waals surface area (Å²) in [7, 11) is 0. The third kappa shape index (κ3) is 4.24. The van der Waals surface area contributed by atoms with Gasteiger partial charge in [-0.15, -0.1) is 0 Å². The summed E-state index contributed by atoms with van der Waals surface area (Å²) in [4.78, 5) is 19.3. The van der Waals surface area contributed by atoms with Crippen LogP contribution in [0.5, 0.6) is 0 Å². The van der Waals surface area contributed by atoms with Gasteiger partial charge in [0.2, 0.25) is 5.91 Å². The molecule has 2 aromatic carbocycles. The maximum absolute atomic E-state index is 14.0. The van der Waals surface area contributed by atoms with Gasteiger partial charge in [-0.3, -0.25) is 4.79 Å². The molecule has 0 unspecified atom stereocenters. The minimum absolute atomic E-state index is 0.00888. The zero-order valence-corrected chi connectivity index (χ0v) is 20.8. The Kier molecular flexibility index (Phi) is 5.97. The molecule has 10 heteroatoms. The molecular weight excluding hydrogens is 577 g/mol. The van der Waals surface area contributed by atoms with Crippen molar-refractivity contribution in [1.82, 2.24) is 14.6 Å². The van der Waals surface area contributed by atoms with E-state index in [9.17, 15) is 18.0 Å². The minimum Gasteiger partial charge on any atom is -0.312 e. The number of aryl methyl sites for hydroxylation is 1. The molecule has 4 aromatic rings. The molecule has 5 rings (SSSR count). The average molecular weight is 594 g/mol. The molecule has 0 spiro atoms. The number of para-hydroxylation sites is 1. The maximum atomic E-state index is 14.0. The zero-order valence-electron chi connectivity index (χ0n) is 17.6. The van der Waals surface area contributed by atoms with Crippen LogP contribution in [0, 0.1) is 0 Å². The van der Waals surface area contributed by atoms with E-state index in [1.807, 2.05) is 24.3 Å². The monoisotopic (exact) mass is 592 g/mol. The smallest absolute Gasteiger partial charge is 0.312 e. The Morgan fingerprint density at radius 2 is 1.79 bits per heavy atom. The summed E-state index contributed by atoms with van der Waals surface area (Å²) in [5.41, 5.74) is 1.87. The number of halogens is 5. The highest BCUT2D eigenvalue weighted by Crippen LogP contribution is 2.35. The van der Waals surface area contributed by atoms with E-state index in [2.05, 4.69) is 41.9 Å². The quantitative estimate of drug-likeness (QED) is 0.274. The van der Waals surface area contributed by atoms with Crippen LogP contribution in [0.15, 0.2) is 63.5 Å². The van der Waals surface area contributed by atoms with Gasteiger partial charge in [0.25, 0.3) is 0 Å². The standard InChI is InChI=1S/C24H17Br2F3N4O/c25-16-9-7-14(8-10-16)17-12-20(24(27,28)29)33-23(30-17)22(26)18(31-33)13-21(34)32-11-3-5-15-4-1-2-6-19(15)32/h1-2,4,6-10,12H,3,5,11,13H2. The number of anilines is 1. The van der Waals surface area contributed by atoms with E-state index in [1.54, 1.807) is 29.2 Å². The van der Waals surface area contributed by atoms with Gasteiger partial charge in [-0.05, 0) is 58.6 Å². The molecule has 0 atom stereocenters. The predicted molar refractivity (Wildman–Crippen MR) is 130 cm³/mol. The lowest BCUT2D eigenvalue weighted by molar-refractivity contribution is -0.142. The van der Waals surface area contributed by atoms with Crippen LogP contribution in [0.2, 0.25) is 0 Å². The van der Waals surface area contributed by atoms with E-state index in [4.69, 9.17) is 0 Å². The molecule has 0 bridgehead atoms. The van der Waals surface area contributed by atoms with Crippen molar-refractivity contribution in [2.24, 2.45) is 0 Å². The molecule has 174 valence electrons. The van der Waals surface area contributed by atoms with Gasteiger partial charge in [0, 0.05) is 22.3 Å². The van der Waals surface area contributed by atoms with Crippen molar-refractivity contribution in [2.45, 2.75) is 25.4 Å². The fourth-order valence-electron chi connectivity index (χ4n) is 4.15. The first-order valence-electron chi connectivity index (χ1n) is 10.5. The van der Waals surface area contributed by atoms with Gasteiger partial charge in [-0.2, -0.15) is 18.3 Å². The Labute approximate surface area is 209 Å². The Morgan fingerprint density at radius 3 is 2.53 bits per heavy atom. The second-order valence-electron chi connectivity index (χ2n) is 7.98. The summed E-state index contributed by atoms with van der Waals surface area (Å²) in [5.74, 6) is -0.224. The molecule has 0 aliphatic carbocycles. The number of carbonyl (C=O) groups excluding carboxylic acids is 1. The SMILES string of the molecule is O=C(Cc1nn2c(C(F)(F)F)cc(-c3ccc(Br)cc3)nc2c1Br)N1CCCc2ccccc21. The van der Waals surface area contributed by atoms with Gasteiger partial charge in [0.05, 0.1) is 22.3 Å². The van der Waals surface area contributed by atoms with E-state index >= 15 is 0 Å². The lowest BCUT2D eigenvalue weighted by atomic mass is 10.0. The first-order chi connectivity index (χ1) is 16.2. The molecule has 0 saturated heterocycles. The lowest BCUT2D eigenvalue weighted by Crippen LogP contribution is -2.36. The normalized spacial score (nSPS) is 13.9. The van der Waals surface area contributed by atoms with E-state index in [0.717, 1.165) is 39.1 Å². The van der Waals surface area contributed by atoms with E-state index < -0.39 is 11.9 Å². The Hall–Kier alpha value is -2.72. The second-order valence-corrected chi connectivity index (χ2v) is 9.69. The number of amides is 1. The fraction of sp³-hybridized carbons (Fsp3) is 0.208. The van der Waals surface area contributed by atoms with Crippen molar-refractivity contribution in [3.63, 3.8) is 0 Å². The lowest BCUT2D eigenvalue weighted by Gasteiger charge is -2.29. The number of carbonyl (C=O) groups is 1. The molecule has 2 aromatic heterocycles. The number of hydrogen-bond acceptors (Lipinski definition) is 3. The van der Waals surface area contributed by atoms with Crippen molar-refractivity contribution in [3.05, 3.63) is 80.5 Å². The summed E-state index contributed by atoms with van der Waals surface area (Å²) >= 11 is 6.69. The highest BCUT2D eigenvalue weighted by Gasteiger charge is 2.36. The molecule has 1 amide bonds. The Bertz CT molecular complexity index is 1400. The zero-order chi connectivity index (χ0) is 24.0. The van der Waals surface area contributed by atoms with Crippen LogP contribution in [0.25, 0.3) is 16.9 Å². The van der Waals surface area contributed by atoms with Crippen LogP contribution < -0.4 is 4.90 Å². The van der Waals surface area contributed by atoms with E-state index in [0.29, 0.717) is 12.1 Å². The number of benzene rings is 2. The molecule has 1 aliphatic rings. The number of alkyl halides is 3. The molecule has 0 N–H and O–H groups in total. The molecular formula is C24H17Br2F3N4O. The summed E-state index contributed by atoms with van der Waals surface area (Å²) < 4.78 is 43.7. The third-order valence-corrected chi connectivity index (χ3v) is 7.10. The van der Waals surface area contributed by atoms with Gasteiger partial charge in [0.15, 0.2) is 11.3 Å². The topological polar surface area (TPSA) is 50.5 Å². The molecule has 0 fully saturated rings. The van der Waals surface area contributed by atoms with Crippen LogP contribution >= 0.6 is 31.9 Å². The third-order valence-electron chi connectivity index (χ3n) is 5.76. The largest absolute Gasteiger partial charge is 0.433 e. The fourth-order valence-corrected chi connectivity index (χ4v) is 4.89. The first kappa shape index (κ1) is 23.0. The number of fused-ring (bicyclic) bond motifs is 2. The van der Waals surface area contributed by atoms with Crippen molar-refractivity contribution in [2.75, 3.05) is 11.4 Å². The van der Waals surface area contributed by atoms with E-state index in [1.165, 1.54) is 0 Å². The first-order valence-corrected chi connectivity index (χ1v) is 12.1. The van der Waals surface area contributed by atoms with Crippen LogP contribution in [0.3, 0.4) is 0 Å². The summed E-state index contributed by atoms with van der Waals surface area (Å²) in [5, 5.41) is 4.15. The number of rotatable bonds is 3. The predicted octanol–water partition coefficient (Wildman–Crippen LogP) is 6.46.